The molecular formula is C9H14N2O. The van der Waals surface area contributed by atoms with Crippen LogP contribution in [-0.4, -0.2) is 23.5 Å². The molecule has 0 spiro atoms. The highest BCUT2D eigenvalue weighted by Gasteiger charge is 2.30. The van der Waals surface area contributed by atoms with Crippen molar-refractivity contribution in [1.82, 2.24) is 4.90 Å². The molecule has 66 valence electrons. The lowest BCUT2D eigenvalue weighted by Gasteiger charge is -2.35. The van der Waals surface area contributed by atoms with Crippen molar-refractivity contribution in [3.8, 4) is 0 Å². The van der Waals surface area contributed by atoms with Gasteiger partial charge in [0.05, 0.1) is 0 Å². The van der Waals surface area contributed by atoms with Gasteiger partial charge < -0.3 is 10.6 Å². The van der Waals surface area contributed by atoms with Gasteiger partial charge >= 0.3 is 6.03 Å². The largest absolute Gasteiger partial charge is 0.351 e. The van der Waals surface area contributed by atoms with Gasteiger partial charge in [0, 0.05) is 12.6 Å². The van der Waals surface area contributed by atoms with Gasteiger partial charge in [0.2, 0.25) is 0 Å². The quantitative estimate of drug-likeness (QED) is 0.538. The van der Waals surface area contributed by atoms with Gasteiger partial charge in [0.1, 0.15) is 0 Å². The summed E-state index contributed by atoms with van der Waals surface area (Å²) in [6, 6.07) is 0.117. The van der Waals surface area contributed by atoms with Crippen LogP contribution in [0.25, 0.3) is 0 Å². The lowest BCUT2D eigenvalue weighted by Crippen LogP contribution is -2.47. The van der Waals surface area contributed by atoms with E-state index in [0.717, 1.165) is 19.4 Å². The van der Waals surface area contributed by atoms with Crippen LogP contribution in [0.5, 0.6) is 0 Å². The van der Waals surface area contributed by atoms with Crippen molar-refractivity contribution >= 4 is 6.03 Å². The van der Waals surface area contributed by atoms with Crippen molar-refractivity contribution in [2.45, 2.75) is 25.3 Å². The van der Waals surface area contributed by atoms with E-state index in [0.29, 0.717) is 12.0 Å². The van der Waals surface area contributed by atoms with Crippen LogP contribution in [-0.2, 0) is 0 Å². The summed E-state index contributed by atoms with van der Waals surface area (Å²) in [5.41, 5.74) is 5.28. The summed E-state index contributed by atoms with van der Waals surface area (Å²) in [6.45, 7) is 0.830. The Bertz CT molecular complexity index is 225. The van der Waals surface area contributed by atoms with E-state index < -0.39 is 0 Å². The highest BCUT2D eigenvalue weighted by Crippen LogP contribution is 2.28. The van der Waals surface area contributed by atoms with E-state index in [1.807, 2.05) is 4.90 Å². The molecule has 1 fully saturated rings. The van der Waals surface area contributed by atoms with Gasteiger partial charge in [-0.3, -0.25) is 0 Å². The molecule has 2 amide bonds. The van der Waals surface area contributed by atoms with E-state index in [9.17, 15) is 4.79 Å². The van der Waals surface area contributed by atoms with Crippen molar-refractivity contribution < 1.29 is 4.79 Å². The summed E-state index contributed by atoms with van der Waals surface area (Å²) in [7, 11) is 0. The molecule has 3 rings (SSSR count). The molecule has 2 N–H and O–H groups in total. The molecule has 2 aliphatic heterocycles. The number of hydrogen-bond acceptors (Lipinski definition) is 1. The number of nitrogens with zero attached hydrogens (tertiary/aromatic N) is 1. The second-order valence-electron chi connectivity index (χ2n) is 3.65. The molecule has 2 heterocycles. The van der Waals surface area contributed by atoms with Gasteiger partial charge in [-0.05, 0) is 25.2 Å². The van der Waals surface area contributed by atoms with E-state index in [1.54, 1.807) is 0 Å². The standard InChI is InChI=1S/C9H14N2O/c10-9(12)11-6-7-2-1-3-8(11)5-4-7/h1-2,7-8H,3-6H2,(H2,10,12). The van der Waals surface area contributed by atoms with E-state index in [4.69, 9.17) is 5.73 Å². The van der Waals surface area contributed by atoms with Crippen LogP contribution >= 0.6 is 0 Å². The molecule has 2 unspecified atom stereocenters. The predicted octanol–water partition coefficient (Wildman–Crippen LogP) is 1.11. The van der Waals surface area contributed by atoms with Gasteiger partial charge in [-0.15, -0.1) is 0 Å². The summed E-state index contributed by atoms with van der Waals surface area (Å²) >= 11 is 0. The Hall–Kier alpha value is -0.990. The smallest absolute Gasteiger partial charge is 0.315 e. The average Bonchev–Trinajstić information content (AvgIpc) is 2.36. The first-order chi connectivity index (χ1) is 5.77. The number of rotatable bonds is 0. The number of fused-ring (bicyclic) bond motifs is 3. The summed E-state index contributed by atoms with van der Waals surface area (Å²) in [5, 5.41) is 0. The van der Waals surface area contributed by atoms with Crippen molar-refractivity contribution in [2.75, 3.05) is 6.54 Å². The third-order valence-corrected chi connectivity index (χ3v) is 2.84. The number of nitrogens with two attached hydrogens (primary N) is 1. The Morgan fingerprint density at radius 1 is 1.50 bits per heavy atom. The molecule has 3 nitrogen and oxygen atoms in total. The highest BCUT2D eigenvalue weighted by atomic mass is 16.2. The highest BCUT2D eigenvalue weighted by molar-refractivity contribution is 5.72. The van der Waals surface area contributed by atoms with Crippen LogP contribution in [0.3, 0.4) is 0 Å². The topological polar surface area (TPSA) is 46.3 Å². The molecule has 3 heteroatoms. The molecule has 1 aliphatic carbocycles. The minimum atomic E-state index is -0.256. The summed E-state index contributed by atoms with van der Waals surface area (Å²) < 4.78 is 0. The summed E-state index contributed by atoms with van der Waals surface area (Å²) in [5.74, 6) is 0.552. The average molecular weight is 166 g/mol. The third kappa shape index (κ3) is 1.19. The molecular weight excluding hydrogens is 152 g/mol. The second-order valence-corrected chi connectivity index (χ2v) is 3.65. The minimum Gasteiger partial charge on any atom is -0.351 e. The molecule has 2 bridgehead atoms. The normalized spacial score (nSPS) is 33.5. The summed E-state index contributed by atoms with van der Waals surface area (Å²) in [4.78, 5) is 12.8. The van der Waals surface area contributed by atoms with Crippen LogP contribution in [0.2, 0.25) is 0 Å². The first-order valence-electron chi connectivity index (χ1n) is 4.50. The minimum absolute atomic E-state index is 0.256. The molecule has 3 aliphatic rings. The number of carbonyl (C=O) groups is 1. The Kier molecular flexibility index (Phi) is 1.79. The van der Waals surface area contributed by atoms with Gasteiger partial charge in [0.15, 0.2) is 0 Å². The number of carbonyl (C=O) groups excluding carboxylic acids is 1. The lowest BCUT2D eigenvalue weighted by molar-refractivity contribution is 0.149. The van der Waals surface area contributed by atoms with Crippen LogP contribution < -0.4 is 5.73 Å². The zero-order chi connectivity index (χ0) is 8.55. The van der Waals surface area contributed by atoms with Gasteiger partial charge in [-0.1, -0.05) is 12.2 Å². The molecule has 0 aromatic carbocycles. The number of primary amides is 1. The van der Waals surface area contributed by atoms with E-state index in [2.05, 4.69) is 12.2 Å². The number of piperidine rings is 1. The van der Waals surface area contributed by atoms with Gasteiger partial charge in [-0.2, -0.15) is 0 Å². The first-order valence-corrected chi connectivity index (χ1v) is 4.50. The lowest BCUT2D eigenvalue weighted by atomic mass is 9.95. The Balaban J connectivity index is 2.16. The fourth-order valence-corrected chi connectivity index (χ4v) is 2.16. The van der Waals surface area contributed by atoms with Crippen LogP contribution in [0.4, 0.5) is 4.79 Å². The summed E-state index contributed by atoms with van der Waals surface area (Å²) in [6.07, 6.45) is 7.72. The first kappa shape index (κ1) is 7.65. The zero-order valence-corrected chi connectivity index (χ0v) is 7.07. The molecule has 0 aromatic rings. The van der Waals surface area contributed by atoms with E-state index >= 15 is 0 Å². The van der Waals surface area contributed by atoms with Gasteiger partial charge in [-0.25, -0.2) is 4.79 Å². The van der Waals surface area contributed by atoms with Crippen LogP contribution in [0, 0.1) is 5.92 Å². The molecule has 1 saturated heterocycles. The predicted molar refractivity (Wildman–Crippen MR) is 46.6 cm³/mol. The van der Waals surface area contributed by atoms with Crippen molar-refractivity contribution in [1.29, 1.82) is 0 Å². The van der Waals surface area contributed by atoms with Crippen molar-refractivity contribution in [3.63, 3.8) is 0 Å². The van der Waals surface area contributed by atoms with Crippen molar-refractivity contribution in [2.24, 2.45) is 11.7 Å². The molecule has 2 atom stereocenters. The number of hydrogen-bond donors (Lipinski definition) is 1. The number of amides is 2. The van der Waals surface area contributed by atoms with Crippen LogP contribution in [0.15, 0.2) is 12.2 Å². The maximum atomic E-state index is 11.0. The molecule has 0 aromatic heterocycles. The van der Waals surface area contributed by atoms with Crippen LogP contribution in [0.1, 0.15) is 19.3 Å². The fourth-order valence-electron chi connectivity index (χ4n) is 2.16. The molecule has 0 radical (unpaired) electrons. The van der Waals surface area contributed by atoms with Gasteiger partial charge in [0.25, 0.3) is 0 Å². The van der Waals surface area contributed by atoms with Crippen molar-refractivity contribution in [3.05, 3.63) is 12.2 Å². The van der Waals surface area contributed by atoms with E-state index in [-0.39, 0.29) is 6.03 Å². The third-order valence-electron chi connectivity index (χ3n) is 2.84. The fraction of sp³-hybridized carbons (Fsp3) is 0.667. The molecule has 12 heavy (non-hydrogen) atoms. The maximum Gasteiger partial charge on any atom is 0.315 e. The Morgan fingerprint density at radius 3 is 3.08 bits per heavy atom. The SMILES string of the molecule is NC(=O)N1CC2C=CCC1CC2. The maximum absolute atomic E-state index is 11.0. The zero-order valence-electron chi connectivity index (χ0n) is 7.07. The Morgan fingerprint density at radius 2 is 2.33 bits per heavy atom. The second kappa shape index (κ2) is 2.81. The Labute approximate surface area is 72.2 Å². The van der Waals surface area contributed by atoms with E-state index in [1.165, 1.54) is 6.42 Å². The number of urea groups is 1. The monoisotopic (exact) mass is 166 g/mol. The molecule has 0 saturated carbocycles.